The van der Waals surface area contributed by atoms with E-state index in [4.69, 9.17) is 0 Å². The number of unbranched alkanes of at least 4 members (excludes halogenated alkanes) is 6. The Kier molecular flexibility index (Phi) is 10.6. The smallest absolute Gasteiger partial charge is 0.123 e. The van der Waals surface area contributed by atoms with E-state index in [9.17, 15) is 5.11 Å². The lowest BCUT2D eigenvalue weighted by Crippen LogP contribution is -2.24. The molecule has 1 N–H and O–H groups in total. The summed E-state index contributed by atoms with van der Waals surface area (Å²) >= 11 is 0. The molecule has 3 heteroatoms. The van der Waals surface area contributed by atoms with Gasteiger partial charge in [0.25, 0.3) is 0 Å². The SMILES string of the molecule is CCCCCCCCCPP1C(C(C)(C)C)=C(O)C(C(C)(C)C)=CC1CC. The molecule has 0 aromatic carbocycles. The quantitative estimate of drug-likeness (QED) is 0.280. The van der Waals surface area contributed by atoms with E-state index < -0.39 is 0 Å². The van der Waals surface area contributed by atoms with Gasteiger partial charge in [-0.05, 0) is 43.0 Å². The average molecular weight is 413 g/mol. The molecule has 0 amide bonds. The van der Waals surface area contributed by atoms with E-state index in [1.807, 2.05) is 0 Å². The first-order valence-corrected chi connectivity index (χ1v) is 14.7. The Morgan fingerprint density at radius 3 is 1.93 bits per heavy atom. The van der Waals surface area contributed by atoms with Crippen LogP contribution in [0.2, 0.25) is 0 Å². The Labute approximate surface area is 173 Å². The molecule has 27 heavy (non-hydrogen) atoms. The lowest BCUT2D eigenvalue weighted by molar-refractivity contribution is 0.357. The minimum absolute atomic E-state index is 0.0109. The van der Waals surface area contributed by atoms with Gasteiger partial charge in [-0.1, -0.05) is 108 Å². The number of rotatable bonds is 10. The second kappa shape index (κ2) is 11.4. The summed E-state index contributed by atoms with van der Waals surface area (Å²) in [7, 11) is 0.747. The first-order chi connectivity index (χ1) is 12.5. The van der Waals surface area contributed by atoms with Gasteiger partial charge >= 0.3 is 0 Å². The van der Waals surface area contributed by atoms with Crippen LogP contribution in [0.4, 0.5) is 0 Å². The predicted octanol–water partition coefficient (Wildman–Crippen LogP) is 9.39. The number of allylic oxidation sites excluding steroid dienone is 3. The van der Waals surface area contributed by atoms with Gasteiger partial charge in [-0.3, -0.25) is 0 Å². The molecule has 0 radical (unpaired) electrons. The fraction of sp³-hybridized carbons (Fsp3) is 0.833. The highest BCUT2D eigenvalue weighted by atomic mass is 32.0. The molecule has 0 bridgehead atoms. The molecule has 3 atom stereocenters. The highest BCUT2D eigenvalue weighted by Gasteiger charge is 2.39. The Bertz CT molecular complexity index is 505. The molecule has 0 aliphatic carbocycles. The van der Waals surface area contributed by atoms with Crippen molar-refractivity contribution in [3.8, 4) is 0 Å². The molecule has 1 aliphatic rings. The van der Waals surface area contributed by atoms with Crippen LogP contribution in [0.25, 0.3) is 0 Å². The van der Waals surface area contributed by atoms with Gasteiger partial charge in [-0.15, -0.1) is 0 Å². The second-order valence-electron chi connectivity index (χ2n) is 10.2. The molecule has 0 saturated carbocycles. The molecular formula is C24H46OP2. The standard InChI is InChI=1S/C24H46OP2/c1-9-11-12-13-14-15-16-17-26-27-19(10-2)18-20(23(3,4)5)21(25)22(27)24(6,7)8/h18-19,25-26H,9-17H2,1-8H3. The van der Waals surface area contributed by atoms with Crippen LogP contribution in [-0.2, 0) is 0 Å². The van der Waals surface area contributed by atoms with E-state index >= 15 is 0 Å². The van der Waals surface area contributed by atoms with Gasteiger partial charge in [-0.25, -0.2) is 0 Å². The van der Waals surface area contributed by atoms with Crippen LogP contribution in [0, 0.1) is 10.8 Å². The molecule has 0 aromatic rings. The van der Waals surface area contributed by atoms with Gasteiger partial charge in [0.15, 0.2) is 0 Å². The molecule has 3 unspecified atom stereocenters. The van der Waals surface area contributed by atoms with E-state index in [-0.39, 0.29) is 18.4 Å². The van der Waals surface area contributed by atoms with Gasteiger partial charge in [0.05, 0.1) is 0 Å². The Balaban J connectivity index is 2.81. The summed E-state index contributed by atoms with van der Waals surface area (Å²) in [6.45, 7) is 18.2. The van der Waals surface area contributed by atoms with Crippen molar-refractivity contribution in [1.82, 2.24) is 0 Å². The minimum Gasteiger partial charge on any atom is -0.507 e. The molecule has 158 valence electrons. The molecule has 1 nitrogen and oxygen atoms in total. The first-order valence-electron chi connectivity index (χ1n) is 11.2. The van der Waals surface area contributed by atoms with Gasteiger partial charge in [0.2, 0.25) is 0 Å². The lowest BCUT2D eigenvalue weighted by atomic mass is 9.81. The van der Waals surface area contributed by atoms with Gasteiger partial charge in [-0.2, -0.15) is 0 Å². The maximum absolute atomic E-state index is 11.2. The monoisotopic (exact) mass is 412 g/mol. The molecule has 1 heterocycles. The average Bonchev–Trinajstić information content (AvgIpc) is 2.55. The van der Waals surface area contributed by atoms with Crippen molar-refractivity contribution in [2.24, 2.45) is 10.8 Å². The van der Waals surface area contributed by atoms with E-state index in [1.165, 1.54) is 68.4 Å². The fourth-order valence-corrected chi connectivity index (χ4v) is 11.4. The Morgan fingerprint density at radius 2 is 1.44 bits per heavy atom. The number of aliphatic hydroxyl groups is 1. The van der Waals surface area contributed by atoms with Crippen molar-refractivity contribution in [3.05, 3.63) is 22.7 Å². The maximum Gasteiger partial charge on any atom is 0.123 e. The third kappa shape index (κ3) is 7.82. The minimum atomic E-state index is -0.249. The fourth-order valence-electron chi connectivity index (χ4n) is 3.85. The van der Waals surface area contributed by atoms with E-state index in [0.29, 0.717) is 11.4 Å². The van der Waals surface area contributed by atoms with Crippen LogP contribution >= 0.6 is 15.9 Å². The highest BCUT2D eigenvalue weighted by molar-refractivity contribution is 8.23. The third-order valence-electron chi connectivity index (χ3n) is 5.41. The summed E-state index contributed by atoms with van der Waals surface area (Å²) in [5.41, 5.74) is 1.89. The van der Waals surface area contributed by atoms with Crippen molar-refractivity contribution >= 4 is 15.9 Å². The van der Waals surface area contributed by atoms with Crippen molar-refractivity contribution in [2.75, 3.05) is 6.16 Å². The zero-order chi connectivity index (χ0) is 20.7. The van der Waals surface area contributed by atoms with Crippen molar-refractivity contribution < 1.29 is 5.11 Å². The first kappa shape index (κ1) is 25.2. The van der Waals surface area contributed by atoms with Crippen LogP contribution in [0.5, 0.6) is 0 Å². The molecule has 0 spiro atoms. The normalized spacial score (nSPS) is 22.0. The number of aliphatic hydroxyl groups excluding tert-OH is 1. The second-order valence-corrected chi connectivity index (χ2v) is 15.2. The van der Waals surface area contributed by atoms with Gasteiger partial charge in [0.1, 0.15) is 5.76 Å². The highest BCUT2D eigenvalue weighted by Crippen LogP contribution is 2.72. The molecular weight excluding hydrogens is 366 g/mol. The topological polar surface area (TPSA) is 20.2 Å². The molecule has 1 rings (SSSR count). The zero-order valence-electron chi connectivity index (χ0n) is 19.4. The molecule has 0 fully saturated rings. The zero-order valence-corrected chi connectivity index (χ0v) is 21.3. The summed E-state index contributed by atoms with van der Waals surface area (Å²) < 4.78 is 0. The van der Waals surface area contributed by atoms with Crippen LogP contribution in [-0.4, -0.2) is 16.9 Å². The van der Waals surface area contributed by atoms with Crippen LogP contribution < -0.4 is 0 Å². The summed E-state index contributed by atoms with van der Waals surface area (Å²) in [5, 5.41) is 12.6. The summed E-state index contributed by atoms with van der Waals surface area (Å²) in [4.78, 5) is 0. The number of hydrogen-bond donors (Lipinski definition) is 1. The van der Waals surface area contributed by atoms with Crippen molar-refractivity contribution in [1.29, 1.82) is 0 Å². The van der Waals surface area contributed by atoms with Crippen LogP contribution in [0.15, 0.2) is 22.7 Å². The van der Waals surface area contributed by atoms with E-state index in [2.05, 4.69) is 61.5 Å². The summed E-state index contributed by atoms with van der Waals surface area (Å²) in [5.74, 6) is 0.637. The van der Waals surface area contributed by atoms with Gasteiger partial charge < -0.3 is 5.11 Å². The van der Waals surface area contributed by atoms with Crippen LogP contribution in [0.3, 0.4) is 0 Å². The summed E-state index contributed by atoms with van der Waals surface area (Å²) in [6, 6.07) is 0. The molecule has 0 saturated heterocycles. The Morgan fingerprint density at radius 1 is 0.889 bits per heavy atom. The van der Waals surface area contributed by atoms with E-state index in [0.717, 1.165) is 8.27 Å². The largest absolute Gasteiger partial charge is 0.507 e. The third-order valence-corrected chi connectivity index (χ3v) is 12.2. The maximum atomic E-state index is 11.2. The Hall–Kier alpha value is 0.140. The van der Waals surface area contributed by atoms with Crippen LogP contribution in [0.1, 0.15) is 107 Å². The molecule has 1 aliphatic heterocycles. The predicted molar refractivity (Wildman–Crippen MR) is 129 cm³/mol. The van der Waals surface area contributed by atoms with Crippen molar-refractivity contribution in [2.45, 2.75) is 112 Å². The van der Waals surface area contributed by atoms with E-state index in [1.54, 1.807) is 0 Å². The van der Waals surface area contributed by atoms with Crippen molar-refractivity contribution in [3.63, 3.8) is 0 Å². The van der Waals surface area contributed by atoms with Gasteiger partial charge in [0, 0.05) is 11.0 Å². The number of hydrogen-bond acceptors (Lipinski definition) is 1. The molecule has 0 aromatic heterocycles. The lowest BCUT2D eigenvalue weighted by Gasteiger charge is -2.41. The summed E-state index contributed by atoms with van der Waals surface area (Å²) in [6.07, 6.45) is 14.7.